The lowest BCUT2D eigenvalue weighted by atomic mass is 9.76. The van der Waals surface area contributed by atoms with Crippen LogP contribution in [0.4, 0.5) is 0 Å². The van der Waals surface area contributed by atoms with Crippen molar-refractivity contribution in [2.24, 2.45) is 5.41 Å². The summed E-state index contributed by atoms with van der Waals surface area (Å²) in [4.78, 5) is 8.13. The molecule has 0 unspecified atom stereocenters. The van der Waals surface area contributed by atoms with E-state index < -0.39 is 8.56 Å². The molecule has 0 aromatic carbocycles. The molecule has 0 aromatic heterocycles. The van der Waals surface area contributed by atoms with Gasteiger partial charge < -0.3 is 23.6 Å². The second-order valence-electron chi connectivity index (χ2n) is 12.5. The average molecular weight is 586 g/mol. The van der Waals surface area contributed by atoms with E-state index in [1.165, 1.54) is 136 Å². The van der Waals surface area contributed by atoms with Gasteiger partial charge in [0.2, 0.25) is 0 Å². The molecule has 40 heavy (non-hydrogen) atoms. The minimum absolute atomic E-state index is 0.309. The highest BCUT2D eigenvalue weighted by Gasteiger charge is 2.42. The lowest BCUT2D eigenvalue weighted by Crippen LogP contribution is -2.45. The molecule has 0 aromatic rings. The summed E-state index contributed by atoms with van der Waals surface area (Å²) in [5.74, 6) is 0. The summed E-state index contributed by atoms with van der Waals surface area (Å²) in [6, 6.07) is 1.15. The predicted molar refractivity (Wildman–Crippen MR) is 181 cm³/mol. The van der Waals surface area contributed by atoms with Crippen LogP contribution in [0.3, 0.4) is 0 Å². The zero-order chi connectivity index (χ0) is 30.1. The summed E-state index contributed by atoms with van der Waals surface area (Å²) in [6.07, 6.45) is 15.3. The van der Waals surface area contributed by atoms with Crippen molar-refractivity contribution >= 4 is 8.56 Å². The van der Waals surface area contributed by atoms with Gasteiger partial charge in [-0.1, -0.05) is 41.5 Å². The predicted octanol–water partition coefficient (Wildman–Crippen LogP) is 8.82. The van der Waals surface area contributed by atoms with Crippen molar-refractivity contribution in [2.75, 3.05) is 72.1 Å². The number of nitrogens with zero attached hydrogens (tertiary/aromatic N) is 3. The maximum atomic E-state index is 6.52. The highest BCUT2D eigenvalue weighted by molar-refractivity contribution is 6.66. The van der Waals surface area contributed by atoms with Crippen molar-refractivity contribution in [1.82, 2.24) is 14.7 Å². The summed E-state index contributed by atoms with van der Waals surface area (Å²) < 4.78 is 13.0. The monoisotopic (exact) mass is 586 g/mol. The van der Waals surface area contributed by atoms with Crippen molar-refractivity contribution in [3.63, 3.8) is 0 Å². The minimum Gasteiger partial charge on any atom is -0.395 e. The van der Waals surface area contributed by atoms with Gasteiger partial charge in [0, 0.05) is 13.2 Å². The molecule has 0 N–H and O–H groups in total. The Morgan fingerprint density at radius 3 is 0.950 bits per heavy atom. The normalized spacial score (nSPS) is 12.9. The molecule has 0 amide bonds. The van der Waals surface area contributed by atoms with Crippen LogP contribution in [0.25, 0.3) is 0 Å². The van der Waals surface area contributed by atoms with Crippen LogP contribution in [0.5, 0.6) is 0 Å². The molecule has 0 saturated carbocycles. The number of hydrogen-bond donors (Lipinski definition) is 0. The average Bonchev–Trinajstić information content (AvgIpc) is 2.89. The van der Waals surface area contributed by atoms with E-state index in [1.54, 1.807) is 0 Å². The van der Waals surface area contributed by atoms with Crippen molar-refractivity contribution < 1.29 is 8.85 Å². The molecule has 0 spiro atoms. The van der Waals surface area contributed by atoms with E-state index in [0.29, 0.717) is 5.41 Å². The Hall–Kier alpha value is 0.0169. The Labute approximate surface area is 254 Å². The minimum atomic E-state index is -2.25. The van der Waals surface area contributed by atoms with E-state index in [9.17, 15) is 0 Å². The molecule has 0 aliphatic rings. The second-order valence-corrected chi connectivity index (χ2v) is 15.7. The zero-order valence-electron chi connectivity index (χ0n) is 29.1. The van der Waals surface area contributed by atoms with Crippen molar-refractivity contribution in [3.8, 4) is 0 Å². The lowest BCUT2D eigenvalue weighted by molar-refractivity contribution is 0.135. The summed E-state index contributed by atoms with van der Waals surface area (Å²) in [5, 5.41) is 0. The molecule has 0 radical (unpaired) electrons. The maximum Gasteiger partial charge on any atom is 0.335 e. The third-order valence-corrected chi connectivity index (χ3v) is 11.6. The molecule has 0 fully saturated rings. The molecular formula is C34H75N3O2Si. The summed E-state index contributed by atoms with van der Waals surface area (Å²) >= 11 is 0. The van der Waals surface area contributed by atoms with Crippen LogP contribution in [-0.2, 0) is 8.85 Å². The molecule has 0 aliphatic carbocycles. The molecule has 0 aliphatic heterocycles. The van der Waals surface area contributed by atoms with Crippen LogP contribution in [0.15, 0.2) is 0 Å². The van der Waals surface area contributed by atoms with E-state index in [4.69, 9.17) is 8.85 Å². The molecule has 5 nitrogen and oxygen atoms in total. The van der Waals surface area contributed by atoms with Crippen molar-refractivity contribution in [1.29, 1.82) is 0 Å². The molecule has 0 rings (SSSR count). The highest BCUT2D eigenvalue weighted by Crippen LogP contribution is 2.43. The van der Waals surface area contributed by atoms with E-state index in [1.807, 2.05) is 0 Å². The quantitative estimate of drug-likeness (QED) is 0.0785. The topological polar surface area (TPSA) is 28.2 Å². The molecule has 0 atom stereocenters. The first-order valence-electron chi connectivity index (χ1n) is 17.8. The van der Waals surface area contributed by atoms with Crippen LogP contribution < -0.4 is 0 Å². The van der Waals surface area contributed by atoms with Gasteiger partial charge in [-0.3, -0.25) is 0 Å². The van der Waals surface area contributed by atoms with Crippen molar-refractivity contribution in [3.05, 3.63) is 0 Å². The smallest absolute Gasteiger partial charge is 0.335 e. The third kappa shape index (κ3) is 18.5. The molecule has 0 heterocycles. The maximum absolute atomic E-state index is 6.52. The fraction of sp³-hybridized carbons (Fsp3) is 1.00. The largest absolute Gasteiger partial charge is 0.395 e. The van der Waals surface area contributed by atoms with E-state index in [2.05, 4.69) is 76.6 Å². The van der Waals surface area contributed by atoms with E-state index in [-0.39, 0.29) is 0 Å². The highest BCUT2D eigenvalue weighted by atomic mass is 28.4. The summed E-state index contributed by atoms with van der Waals surface area (Å²) in [7, 11) is -2.25. The standard InChI is InChI=1S/C34H75N3O2Si/c1-10-24-35(25-11-2)30-18-21-34(33-40(9,38-16-7)39-17-8,22-19-31-36(26-12-3)27-13-4)23-20-32-37(28-14-5)29-15-6/h10-33H2,1-9H3. The Morgan fingerprint density at radius 2 is 0.725 bits per heavy atom. The molecule has 242 valence electrons. The summed E-state index contributed by atoms with van der Waals surface area (Å²) in [5.41, 5.74) is 0.309. The number of hydrogen-bond acceptors (Lipinski definition) is 5. The Morgan fingerprint density at radius 1 is 0.450 bits per heavy atom. The first-order valence-corrected chi connectivity index (χ1v) is 20.3. The van der Waals surface area contributed by atoms with Gasteiger partial charge >= 0.3 is 8.56 Å². The zero-order valence-corrected chi connectivity index (χ0v) is 30.1. The first-order chi connectivity index (χ1) is 19.3. The van der Waals surface area contributed by atoms with Crippen LogP contribution in [-0.4, -0.2) is 95.4 Å². The Kier molecular flexibility index (Phi) is 25.5. The van der Waals surface area contributed by atoms with E-state index >= 15 is 0 Å². The van der Waals surface area contributed by atoms with Gasteiger partial charge in [0.25, 0.3) is 0 Å². The van der Waals surface area contributed by atoms with Crippen molar-refractivity contribution in [2.45, 2.75) is 145 Å². The molecular weight excluding hydrogens is 510 g/mol. The van der Waals surface area contributed by atoms with Gasteiger partial charge in [-0.05, 0) is 168 Å². The van der Waals surface area contributed by atoms with Crippen LogP contribution in [0.2, 0.25) is 12.6 Å². The van der Waals surface area contributed by atoms with Crippen LogP contribution in [0.1, 0.15) is 132 Å². The SMILES string of the molecule is CCCN(CCC)CCCC(CCCN(CCC)CCC)(CCCN(CCC)CCC)C[Si](C)(OCC)OCC. The van der Waals surface area contributed by atoms with Gasteiger partial charge in [-0.2, -0.15) is 0 Å². The van der Waals surface area contributed by atoms with E-state index in [0.717, 1.165) is 19.3 Å². The molecule has 0 bridgehead atoms. The van der Waals surface area contributed by atoms with Gasteiger partial charge in [0.05, 0.1) is 0 Å². The number of rotatable bonds is 30. The first kappa shape index (κ1) is 40.0. The molecule has 6 heteroatoms. The van der Waals surface area contributed by atoms with Gasteiger partial charge in [-0.15, -0.1) is 0 Å². The summed E-state index contributed by atoms with van der Waals surface area (Å²) in [6.45, 7) is 33.2. The second kappa shape index (κ2) is 25.5. The molecule has 0 saturated heterocycles. The fourth-order valence-corrected chi connectivity index (χ4v) is 10.4. The Balaban J connectivity index is 5.99. The van der Waals surface area contributed by atoms with Gasteiger partial charge in [0.15, 0.2) is 0 Å². The van der Waals surface area contributed by atoms with Gasteiger partial charge in [-0.25, -0.2) is 0 Å². The van der Waals surface area contributed by atoms with Crippen LogP contribution in [0, 0.1) is 5.41 Å². The third-order valence-electron chi connectivity index (χ3n) is 8.38. The van der Waals surface area contributed by atoms with Gasteiger partial charge in [0.1, 0.15) is 0 Å². The lowest BCUT2D eigenvalue weighted by Gasteiger charge is -2.41. The van der Waals surface area contributed by atoms with Crippen LogP contribution >= 0.6 is 0 Å². The fourth-order valence-electron chi connectivity index (χ4n) is 7.01. The Bertz CT molecular complexity index is 472.